The predicted molar refractivity (Wildman–Crippen MR) is 67.4 cm³/mol. The summed E-state index contributed by atoms with van der Waals surface area (Å²) in [5.74, 6) is -0.909. The maximum Gasteiger partial charge on any atom is 0.150 e. The highest BCUT2D eigenvalue weighted by molar-refractivity contribution is 6.32. The van der Waals surface area contributed by atoms with Crippen molar-refractivity contribution >= 4 is 23.2 Å². The van der Waals surface area contributed by atoms with Gasteiger partial charge in [-0.15, -0.1) is 11.6 Å². The Hall–Kier alpha value is -1.32. The molecule has 0 radical (unpaired) electrons. The Kier molecular flexibility index (Phi) is 4.04. The second-order valence-corrected chi connectivity index (χ2v) is 4.24. The minimum Gasteiger partial charge on any atom is -0.455 e. The molecule has 0 saturated heterocycles. The molecular weight excluding hydrogens is 281 g/mol. The molecule has 0 unspecified atom stereocenters. The van der Waals surface area contributed by atoms with E-state index in [4.69, 9.17) is 27.9 Å². The normalized spacial score (nSPS) is 10.4. The first kappa shape index (κ1) is 13.1. The number of alkyl halides is 1. The highest BCUT2D eigenvalue weighted by Gasteiger charge is 2.10. The first-order chi connectivity index (χ1) is 8.60. The Bertz CT molecular complexity index is 553. The van der Waals surface area contributed by atoms with Gasteiger partial charge >= 0.3 is 0 Å². The fourth-order valence-corrected chi connectivity index (χ4v) is 1.92. The molecule has 5 heteroatoms. The quantitative estimate of drug-likeness (QED) is 0.710. The summed E-state index contributed by atoms with van der Waals surface area (Å²) in [5, 5.41) is 0.331. The number of para-hydroxylation sites is 1. The molecule has 2 aromatic rings. The van der Waals surface area contributed by atoms with Gasteiger partial charge in [-0.1, -0.05) is 23.7 Å². The van der Waals surface area contributed by atoms with Crippen molar-refractivity contribution < 1.29 is 13.5 Å². The lowest BCUT2D eigenvalue weighted by Gasteiger charge is -2.11. The van der Waals surface area contributed by atoms with Crippen LogP contribution in [-0.2, 0) is 5.88 Å². The van der Waals surface area contributed by atoms with E-state index in [-0.39, 0.29) is 11.6 Å². The summed E-state index contributed by atoms with van der Waals surface area (Å²) in [5.41, 5.74) is 0.647. The summed E-state index contributed by atoms with van der Waals surface area (Å²) < 4.78 is 31.5. The summed E-state index contributed by atoms with van der Waals surface area (Å²) in [6, 6.07) is 7.97. The topological polar surface area (TPSA) is 9.23 Å². The van der Waals surface area contributed by atoms with E-state index in [1.165, 1.54) is 0 Å². The Labute approximate surface area is 113 Å². The lowest BCUT2D eigenvalue weighted by molar-refractivity contribution is 0.465. The van der Waals surface area contributed by atoms with E-state index < -0.39 is 11.6 Å². The van der Waals surface area contributed by atoms with Crippen molar-refractivity contribution in [3.05, 3.63) is 58.6 Å². The Morgan fingerprint density at radius 1 is 1.06 bits per heavy atom. The predicted octanol–water partition coefficient (Wildman–Crippen LogP) is 5.15. The Morgan fingerprint density at radius 3 is 2.33 bits per heavy atom. The van der Waals surface area contributed by atoms with Crippen LogP contribution >= 0.6 is 23.2 Å². The number of hydrogen-bond acceptors (Lipinski definition) is 1. The van der Waals surface area contributed by atoms with Gasteiger partial charge in [-0.3, -0.25) is 0 Å². The van der Waals surface area contributed by atoms with Crippen LogP contribution in [0, 0.1) is 11.6 Å². The molecular formula is C13H8Cl2F2O. The van der Waals surface area contributed by atoms with Gasteiger partial charge in [-0.05, 0) is 6.07 Å². The van der Waals surface area contributed by atoms with Gasteiger partial charge < -0.3 is 4.74 Å². The highest BCUT2D eigenvalue weighted by Crippen LogP contribution is 2.34. The van der Waals surface area contributed by atoms with Crippen LogP contribution in [0.4, 0.5) is 8.78 Å². The molecule has 0 aromatic heterocycles. The van der Waals surface area contributed by atoms with E-state index in [0.29, 0.717) is 16.3 Å². The number of rotatable bonds is 3. The largest absolute Gasteiger partial charge is 0.455 e. The second kappa shape index (κ2) is 5.55. The number of halogens is 4. The van der Waals surface area contributed by atoms with E-state index in [0.717, 1.165) is 18.2 Å². The van der Waals surface area contributed by atoms with E-state index in [9.17, 15) is 8.78 Å². The number of benzene rings is 2. The second-order valence-electron chi connectivity index (χ2n) is 3.57. The van der Waals surface area contributed by atoms with Crippen LogP contribution < -0.4 is 4.74 Å². The summed E-state index contributed by atoms with van der Waals surface area (Å²) in [6.45, 7) is 0. The first-order valence-electron chi connectivity index (χ1n) is 5.07. The van der Waals surface area contributed by atoms with Crippen LogP contribution in [0.2, 0.25) is 5.02 Å². The summed E-state index contributed by atoms with van der Waals surface area (Å²) >= 11 is 11.7. The van der Waals surface area contributed by atoms with Crippen LogP contribution in [0.25, 0.3) is 0 Å². The van der Waals surface area contributed by atoms with Gasteiger partial charge in [0.1, 0.15) is 23.1 Å². The lowest BCUT2D eigenvalue weighted by Crippen LogP contribution is -1.92. The molecule has 0 aliphatic rings. The zero-order valence-electron chi connectivity index (χ0n) is 9.09. The lowest BCUT2D eigenvalue weighted by atomic mass is 10.2. The molecule has 0 heterocycles. The minimum atomic E-state index is -0.718. The van der Waals surface area contributed by atoms with Crippen molar-refractivity contribution in [2.45, 2.75) is 5.88 Å². The van der Waals surface area contributed by atoms with Crippen LogP contribution in [-0.4, -0.2) is 0 Å². The van der Waals surface area contributed by atoms with Crippen LogP contribution in [0.3, 0.4) is 0 Å². The van der Waals surface area contributed by atoms with Crippen LogP contribution in [0.5, 0.6) is 11.5 Å². The Balaban J connectivity index is 2.39. The minimum absolute atomic E-state index is 0.0342. The molecule has 94 valence electrons. The fourth-order valence-electron chi connectivity index (χ4n) is 1.48. The van der Waals surface area contributed by atoms with Crippen molar-refractivity contribution in [1.82, 2.24) is 0 Å². The molecule has 0 saturated carbocycles. The van der Waals surface area contributed by atoms with Gasteiger partial charge in [0.2, 0.25) is 0 Å². The monoisotopic (exact) mass is 288 g/mol. The molecule has 0 bridgehead atoms. The molecule has 0 aliphatic heterocycles. The number of hydrogen-bond donors (Lipinski definition) is 0. The van der Waals surface area contributed by atoms with Gasteiger partial charge in [0.15, 0.2) is 0 Å². The maximum atomic E-state index is 13.0. The molecule has 0 fully saturated rings. The third kappa shape index (κ3) is 2.92. The van der Waals surface area contributed by atoms with Gasteiger partial charge in [0.05, 0.1) is 10.9 Å². The Morgan fingerprint density at radius 2 is 1.72 bits per heavy atom. The zero-order chi connectivity index (χ0) is 13.1. The van der Waals surface area contributed by atoms with Crippen LogP contribution in [0.15, 0.2) is 36.4 Å². The van der Waals surface area contributed by atoms with Crippen molar-refractivity contribution in [3.63, 3.8) is 0 Å². The molecule has 1 nitrogen and oxygen atoms in total. The van der Waals surface area contributed by atoms with E-state index in [2.05, 4.69) is 0 Å². The maximum absolute atomic E-state index is 13.0. The molecule has 0 atom stereocenters. The number of ether oxygens (including phenoxy) is 1. The smallest absolute Gasteiger partial charge is 0.150 e. The highest BCUT2D eigenvalue weighted by atomic mass is 35.5. The van der Waals surface area contributed by atoms with Gasteiger partial charge in [0.25, 0.3) is 0 Å². The third-order valence-electron chi connectivity index (χ3n) is 2.25. The standard InChI is InChI=1S/C13H8Cl2F2O/c14-7-8-2-1-3-12(15)13(8)18-11-5-9(16)4-10(17)6-11/h1-6H,7H2. The molecule has 0 spiro atoms. The summed E-state index contributed by atoms with van der Waals surface area (Å²) in [6.07, 6.45) is 0. The van der Waals surface area contributed by atoms with Crippen molar-refractivity contribution in [3.8, 4) is 11.5 Å². The van der Waals surface area contributed by atoms with Gasteiger partial charge in [0, 0.05) is 23.8 Å². The molecule has 2 aromatic carbocycles. The third-order valence-corrected chi connectivity index (χ3v) is 2.83. The summed E-state index contributed by atoms with van der Waals surface area (Å²) in [4.78, 5) is 0. The summed E-state index contributed by atoms with van der Waals surface area (Å²) in [7, 11) is 0. The first-order valence-corrected chi connectivity index (χ1v) is 5.98. The average Bonchev–Trinajstić information content (AvgIpc) is 2.30. The van der Waals surface area contributed by atoms with E-state index in [1.54, 1.807) is 18.2 Å². The average molecular weight is 289 g/mol. The molecule has 0 aliphatic carbocycles. The van der Waals surface area contributed by atoms with Gasteiger partial charge in [-0.25, -0.2) is 8.78 Å². The fraction of sp³-hybridized carbons (Fsp3) is 0.0769. The molecule has 18 heavy (non-hydrogen) atoms. The SMILES string of the molecule is Fc1cc(F)cc(Oc2c(Cl)cccc2CCl)c1. The van der Waals surface area contributed by atoms with Crippen LogP contribution in [0.1, 0.15) is 5.56 Å². The van der Waals surface area contributed by atoms with Crippen molar-refractivity contribution in [2.75, 3.05) is 0 Å². The van der Waals surface area contributed by atoms with E-state index in [1.807, 2.05) is 0 Å². The van der Waals surface area contributed by atoms with E-state index >= 15 is 0 Å². The zero-order valence-corrected chi connectivity index (χ0v) is 10.6. The molecule has 0 amide bonds. The van der Waals surface area contributed by atoms with Gasteiger partial charge in [-0.2, -0.15) is 0 Å². The molecule has 0 N–H and O–H groups in total. The van der Waals surface area contributed by atoms with Crippen molar-refractivity contribution in [2.24, 2.45) is 0 Å². The van der Waals surface area contributed by atoms with Crippen molar-refractivity contribution in [1.29, 1.82) is 0 Å². The molecule has 2 rings (SSSR count).